The SMILES string of the molecule is CC/C=C\C/C=C\C/C=C\C/C=C\C/C=C\C/C=C\CCC(=O)NCC(=O)NC1C(O)OC(CO)C(O)C1O. The van der Waals surface area contributed by atoms with Crippen LogP contribution in [0.4, 0.5) is 0 Å². The predicted octanol–water partition coefficient (Wildman–Crippen LogP) is 2.50. The minimum atomic E-state index is -1.60. The van der Waals surface area contributed by atoms with Crippen LogP contribution < -0.4 is 10.6 Å². The van der Waals surface area contributed by atoms with Gasteiger partial charge in [0.15, 0.2) is 6.29 Å². The molecule has 0 saturated carbocycles. The molecule has 1 fully saturated rings. The smallest absolute Gasteiger partial charge is 0.239 e. The molecule has 6 N–H and O–H groups in total. The molecule has 39 heavy (non-hydrogen) atoms. The minimum absolute atomic E-state index is 0.212. The van der Waals surface area contributed by atoms with Crippen LogP contribution >= 0.6 is 0 Å². The Balaban J connectivity index is 2.09. The van der Waals surface area contributed by atoms with Gasteiger partial charge in [-0.1, -0.05) is 79.8 Å². The van der Waals surface area contributed by atoms with Crippen molar-refractivity contribution in [2.75, 3.05) is 13.2 Å². The molecule has 0 aromatic rings. The molecule has 0 aromatic heterocycles. The van der Waals surface area contributed by atoms with Crippen LogP contribution in [0.1, 0.15) is 58.3 Å². The number of carbonyl (C=O) groups is 2. The molecule has 0 spiro atoms. The molecule has 2 amide bonds. The fraction of sp³-hybridized carbons (Fsp3) is 0.533. The van der Waals surface area contributed by atoms with Crippen LogP contribution in [0, 0.1) is 0 Å². The van der Waals surface area contributed by atoms with E-state index in [0.29, 0.717) is 6.42 Å². The van der Waals surface area contributed by atoms with Gasteiger partial charge in [0, 0.05) is 6.42 Å². The second kappa shape index (κ2) is 22.0. The first-order valence-electron chi connectivity index (χ1n) is 13.7. The Kier molecular flexibility index (Phi) is 19.3. The molecule has 1 aliphatic heterocycles. The Labute approximate surface area is 232 Å². The maximum atomic E-state index is 12.0. The molecular weight excluding hydrogens is 500 g/mol. The normalized spacial score (nSPS) is 24.3. The molecule has 218 valence electrons. The summed E-state index contributed by atoms with van der Waals surface area (Å²) in [6.07, 6.45) is 26.0. The number of rotatable bonds is 18. The molecule has 1 aliphatic rings. The van der Waals surface area contributed by atoms with Crippen molar-refractivity contribution in [3.63, 3.8) is 0 Å². The van der Waals surface area contributed by atoms with Crippen molar-refractivity contribution >= 4 is 11.8 Å². The van der Waals surface area contributed by atoms with E-state index in [4.69, 9.17) is 9.84 Å². The van der Waals surface area contributed by atoms with Crippen molar-refractivity contribution in [1.82, 2.24) is 10.6 Å². The maximum Gasteiger partial charge on any atom is 0.239 e. The standard InChI is InChI=1S/C30H46N2O7/c1-2-3-4-5-6-7-8-9-10-11-12-13-14-15-16-17-18-19-20-21-25(34)31-22-26(35)32-27-29(37)28(36)24(23-33)39-30(27)38/h3-4,6-7,9-10,12-13,15-16,18-19,24,27-30,33,36-38H,2,5,8,11,14,17,20-23H2,1H3,(H,31,34)(H,32,35)/b4-3-,7-6-,10-9-,13-12-,16-15-,19-18-. The third-order valence-corrected chi connectivity index (χ3v) is 5.81. The Morgan fingerprint density at radius 2 is 1.21 bits per heavy atom. The maximum absolute atomic E-state index is 12.0. The zero-order valence-electron chi connectivity index (χ0n) is 22.9. The molecular formula is C30H46N2O7. The van der Waals surface area contributed by atoms with E-state index in [1.807, 2.05) is 12.2 Å². The van der Waals surface area contributed by atoms with E-state index in [1.54, 1.807) is 0 Å². The van der Waals surface area contributed by atoms with Gasteiger partial charge in [-0.05, 0) is 44.9 Å². The zero-order chi connectivity index (χ0) is 28.7. The van der Waals surface area contributed by atoms with E-state index in [1.165, 1.54) is 0 Å². The van der Waals surface area contributed by atoms with Crippen LogP contribution in [0.2, 0.25) is 0 Å². The third-order valence-electron chi connectivity index (χ3n) is 5.81. The number of nitrogens with one attached hydrogen (secondary N) is 2. The highest BCUT2D eigenvalue weighted by Crippen LogP contribution is 2.19. The summed E-state index contributed by atoms with van der Waals surface area (Å²) in [4.78, 5) is 24.0. The largest absolute Gasteiger partial charge is 0.394 e. The van der Waals surface area contributed by atoms with Crippen LogP contribution in [-0.2, 0) is 14.3 Å². The minimum Gasteiger partial charge on any atom is -0.394 e. The second-order valence-electron chi connectivity index (χ2n) is 9.05. The van der Waals surface area contributed by atoms with Crippen molar-refractivity contribution in [2.24, 2.45) is 0 Å². The lowest BCUT2D eigenvalue weighted by Crippen LogP contribution is -2.64. The Hall–Kier alpha value is -2.82. The monoisotopic (exact) mass is 546 g/mol. The predicted molar refractivity (Wildman–Crippen MR) is 152 cm³/mol. The Morgan fingerprint density at radius 1 is 0.718 bits per heavy atom. The van der Waals surface area contributed by atoms with Crippen molar-refractivity contribution in [3.8, 4) is 0 Å². The van der Waals surface area contributed by atoms with Crippen LogP contribution in [0.15, 0.2) is 72.9 Å². The topological polar surface area (TPSA) is 148 Å². The lowest BCUT2D eigenvalue weighted by atomic mass is 9.97. The number of allylic oxidation sites excluding steroid dienone is 12. The molecule has 0 radical (unpaired) electrons. The van der Waals surface area contributed by atoms with Crippen molar-refractivity contribution in [3.05, 3.63) is 72.9 Å². The zero-order valence-corrected chi connectivity index (χ0v) is 22.9. The lowest BCUT2D eigenvalue weighted by molar-refractivity contribution is -0.253. The molecule has 0 aliphatic carbocycles. The van der Waals surface area contributed by atoms with Gasteiger partial charge < -0.3 is 35.8 Å². The van der Waals surface area contributed by atoms with Gasteiger partial charge in [-0.15, -0.1) is 0 Å². The highest BCUT2D eigenvalue weighted by molar-refractivity contribution is 5.84. The number of hydrogen-bond acceptors (Lipinski definition) is 7. The van der Waals surface area contributed by atoms with Crippen LogP contribution in [0.3, 0.4) is 0 Å². The van der Waals surface area contributed by atoms with Crippen LogP contribution in [-0.4, -0.2) is 76.0 Å². The average Bonchev–Trinajstić information content (AvgIpc) is 2.93. The number of ether oxygens (including phenoxy) is 1. The van der Waals surface area contributed by atoms with Crippen LogP contribution in [0.25, 0.3) is 0 Å². The summed E-state index contributed by atoms with van der Waals surface area (Å²) < 4.78 is 4.98. The number of amides is 2. The quantitative estimate of drug-likeness (QED) is 0.145. The van der Waals surface area contributed by atoms with Crippen molar-refractivity contribution < 1.29 is 34.8 Å². The summed E-state index contributed by atoms with van der Waals surface area (Å²) in [6, 6.07) is -1.29. The molecule has 1 saturated heterocycles. The number of hydrogen-bond donors (Lipinski definition) is 6. The van der Waals surface area contributed by atoms with Gasteiger partial charge in [-0.25, -0.2) is 0 Å². The highest BCUT2D eigenvalue weighted by Gasteiger charge is 2.44. The summed E-state index contributed by atoms with van der Waals surface area (Å²) in [6.45, 7) is 1.19. The molecule has 0 bridgehead atoms. The Morgan fingerprint density at radius 3 is 1.69 bits per heavy atom. The fourth-order valence-corrected chi connectivity index (χ4v) is 3.61. The van der Waals surface area contributed by atoms with E-state index >= 15 is 0 Å². The molecule has 9 heteroatoms. The Bertz CT molecular complexity index is 863. The lowest BCUT2D eigenvalue weighted by Gasteiger charge is -2.40. The molecule has 9 nitrogen and oxygen atoms in total. The van der Waals surface area contributed by atoms with Gasteiger partial charge in [0.1, 0.15) is 24.4 Å². The molecule has 1 rings (SSSR count). The van der Waals surface area contributed by atoms with Gasteiger partial charge in [-0.2, -0.15) is 0 Å². The fourth-order valence-electron chi connectivity index (χ4n) is 3.61. The van der Waals surface area contributed by atoms with E-state index in [-0.39, 0.29) is 18.9 Å². The first-order chi connectivity index (χ1) is 18.9. The molecule has 5 unspecified atom stereocenters. The second-order valence-corrected chi connectivity index (χ2v) is 9.05. The van der Waals surface area contributed by atoms with Gasteiger partial charge in [0.25, 0.3) is 0 Å². The summed E-state index contributed by atoms with van der Waals surface area (Å²) in [7, 11) is 0. The molecule has 1 heterocycles. The van der Waals surface area contributed by atoms with Gasteiger partial charge in [0.2, 0.25) is 11.8 Å². The number of carbonyl (C=O) groups excluding carboxylic acids is 2. The average molecular weight is 547 g/mol. The van der Waals surface area contributed by atoms with E-state index in [2.05, 4.69) is 78.3 Å². The first kappa shape index (κ1) is 34.2. The molecule has 0 aromatic carbocycles. The van der Waals surface area contributed by atoms with Gasteiger partial charge >= 0.3 is 0 Å². The van der Waals surface area contributed by atoms with E-state index in [9.17, 15) is 24.9 Å². The van der Waals surface area contributed by atoms with Crippen LogP contribution in [0.5, 0.6) is 0 Å². The van der Waals surface area contributed by atoms with E-state index < -0.39 is 43.2 Å². The summed E-state index contributed by atoms with van der Waals surface area (Å²) >= 11 is 0. The molecule has 5 atom stereocenters. The van der Waals surface area contributed by atoms with Crippen molar-refractivity contribution in [1.29, 1.82) is 0 Å². The summed E-state index contributed by atoms with van der Waals surface area (Å²) in [5.74, 6) is -0.968. The first-order valence-corrected chi connectivity index (χ1v) is 13.7. The number of aliphatic hydroxyl groups is 4. The van der Waals surface area contributed by atoms with Gasteiger partial charge in [-0.3, -0.25) is 9.59 Å². The highest BCUT2D eigenvalue weighted by atomic mass is 16.6. The number of aliphatic hydroxyl groups excluding tert-OH is 4. The van der Waals surface area contributed by atoms with Gasteiger partial charge in [0.05, 0.1) is 13.2 Å². The summed E-state index contributed by atoms with van der Waals surface area (Å²) in [5.41, 5.74) is 0. The summed E-state index contributed by atoms with van der Waals surface area (Å²) in [5, 5.41) is 43.6. The third kappa shape index (κ3) is 16.0. The van der Waals surface area contributed by atoms with Crippen molar-refractivity contribution in [2.45, 2.75) is 88.9 Å². The van der Waals surface area contributed by atoms with E-state index in [0.717, 1.165) is 38.5 Å².